The summed E-state index contributed by atoms with van der Waals surface area (Å²) in [4.78, 5) is 45.0. The topological polar surface area (TPSA) is 71.1 Å². The van der Waals surface area contributed by atoms with Gasteiger partial charge in [-0.1, -0.05) is 70.4 Å². The predicted octanol–water partition coefficient (Wildman–Crippen LogP) is 8.04. The van der Waals surface area contributed by atoms with Crippen LogP contribution in [0.15, 0.2) is 12.2 Å². The molecule has 204 valence electrons. The Morgan fingerprint density at radius 2 is 1.31 bits per heavy atom. The van der Waals surface area contributed by atoms with E-state index in [0.29, 0.717) is 12.3 Å². The van der Waals surface area contributed by atoms with Crippen LogP contribution >= 0.6 is 0 Å². The van der Waals surface area contributed by atoms with Crippen molar-refractivity contribution in [2.24, 2.45) is 17.8 Å². The van der Waals surface area contributed by atoms with Crippen LogP contribution in [0.25, 0.3) is 0 Å². The number of allylic oxidation sites excluding steroid dienone is 2. The van der Waals surface area contributed by atoms with Gasteiger partial charge in [-0.05, 0) is 79.1 Å². The molecule has 0 aromatic carbocycles. The second-order valence-electron chi connectivity index (χ2n) is 12.1. The molecule has 0 N–H and O–H groups in total. The molecule has 0 aromatic heterocycles. The molecule has 0 bridgehead atoms. The molecule has 0 saturated heterocycles. The number of hydrogen-bond acceptors (Lipinski definition) is 6. The van der Waals surface area contributed by atoms with Crippen molar-refractivity contribution in [2.75, 3.05) is 0 Å². The van der Waals surface area contributed by atoms with Crippen LogP contribution in [0.1, 0.15) is 132 Å². The Kier molecular flexibility index (Phi) is 14.8. The molecule has 1 rings (SSSR count). The molecule has 0 aromatic rings. The molecule has 0 amide bonds. The fourth-order valence-corrected chi connectivity index (χ4v) is 4.25. The molecule has 0 heterocycles. The van der Waals surface area contributed by atoms with Crippen LogP contribution in [0.5, 0.6) is 0 Å². The van der Waals surface area contributed by atoms with Crippen LogP contribution in [0, 0.1) is 17.8 Å². The van der Waals surface area contributed by atoms with E-state index in [4.69, 9.17) is 19.6 Å². The maximum Gasteiger partial charge on any atom is 0.346 e. The van der Waals surface area contributed by atoms with Crippen molar-refractivity contribution >= 4 is 11.9 Å². The predicted molar refractivity (Wildman–Crippen MR) is 139 cm³/mol. The number of carbonyl (C=O) groups excluding carboxylic acids is 2. The third kappa shape index (κ3) is 16.1. The highest BCUT2D eigenvalue weighted by atomic mass is 17.2. The van der Waals surface area contributed by atoms with Gasteiger partial charge in [0.15, 0.2) is 0 Å². The summed E-state index contributed by atoms with van der Waals surface area (Å²) in [6, 6.07) is 0. The summed E-state index contributed by atoms with van der Waals surface area (Å²) >= 11 is 0. The Balaban J connectivity index is 2.36. The zero-order valence-corrected chi connectivity index (χ0v) is 23.5. The lowest BCUT2D eigenvalue weighted by Gasteiger charge is -2.31. The van der Waals surface area contributed by atoms with Gasteiger partial charge in [-0.15, -0.1) is 0 Å². The monoisotopic (exact) mass is 496 g/mol. The highest BCUT2D eigenvalue weighted by Crippen LogP contribution is 2.35. The normalized spacial score (nSPS) is 20.6. The Bertz CT molecular complexity index is 628. The van der Waals surface area contributed by atoms with E-state index in [1.807, 2.05) is 41.5 Å². The fourth-order valence-electron chi connectivity index (χ4n) is 4.25. The molecule has 0 spiro atoms. The lowest BCUT2D eigenvalue weighted by Crippen LogP contribution is -2.32. The van der Waals surface area contributed by atoms with Crippen molar-refractivity contribution in [3.63, 3.8) is 0 Å². The summed E-state index contributed by atoms with van der Waals surface area (Å²) in [5.41, 5.74) is -0.985. The van der Waals surface area contributed by atoms with Crippen LogP contribution in [0.4, 0.5) is 0 Å². The molecule has 3 atom stereocenters. The first-order valence-corrected chi connectivity index (χ1v) is 13.9. The summed E-state index contributed by atoms with van der Waals surface area (Å²) in [7, 11) is 0. The minimum atomic E-state index is -0.507. The van der Waals surface area contributed by atoms with Crippen molar-refractivity contribution in [1.29, 1.82) is 0 Å². The van der Waals surface area contributed by atoms with Crippen molar-refractivity contribution in [3.8, 4) is 0 Å². The number of carbonyl (C=O) groups is 2. The van der Waals surface area contributed by atoms with Crippen molar-refractivity contribution in [3.05, 3.63) is 12.2 Å². The molecule has 3 unspecified atom stereocenters. The maximum atomic E-state index is 12.9. The SMILES string of the molecule is CCCCCC1C=CC(CCCCCCCCC(=O)OOC(C)(C)C)C(C(=O)OOC(C)(C)C)C1. The average molecular weight is 497 g/mol. The van der Waals surface area contributed by atoms with Gasteiger partial charge in [-0.3, -0.25) is 9.78 Å². The first kappa shape index (κ1) is 31.6. The molecular weight excluding hydrogens is 444 g/mol. The van der Waals surface area contributed by atoms with E-state index in [-0.39, 0.29) is 23.8 Å². The van der Waals surface area contributed by atoms with E-state index in [2.05, 4.69) is 19.1 Å². The Morgan fingerprint density at radius 3 is 1.94 bits per heavy atom. The second kappa shape index (κ2) is 16.4. The Hall–Kier alpha value is -1.40. The molecular formula is C29H52O6. The summed E-state index contributed by atoms with van der Waals surface area (Å²) in [6.45, 7) is 13.4. The lowest BCUT2D eigenvalue weighted by molar-refractivity contribution is -0.324. The van der Waals surface area contributed by atoms with Crippen LogP contribution in [-0.2, 0) is 29.1 Å². The second-order valence-corrected chi connectivity index (χ2v) is 12.1. The summed E-state index contributed by atoms with van der Waals surface area (Å²) in [5, 5.41) is 0. The Morgan fingerprint density at radius 1 is 0.743 bits per heavy atom. The zero-order chi connectivity index (χ0) is 26.3. The molecule has 6 nitrogen and oxygen atoms in total. The molecule has 6 heteroatoms. The van der Waals surface area contributed by atoms with Gasteiger partial charge >= 0.3 is 11.9 Å². The van der Waals surface area contributed by atoms with Crippen LogP contribution in [0.2, 0.25) is 0 Å². The van der Waals surface area contributed by atoms with Gasteiger partial charge in [0.2, 0.25) is 0 Å². The minimum Gasteiger partial charge on any atom is -0.298 e. The number of rotatable bonds is 16. The van der Waals surface area contributed by atoms with Gasteiger partial charge < -0.3 is 0 Å². The van der Waals surface area contributed by atoms with Gasteiger partial charge in [0.25, 0.3) is 0 Å². The van der Waals surface area contributed by atoms with Crippen LogP contribution < -0.4 is 0 Å². The lowest BCUT2D eigenvalue weighted by atomic mass is 9.75. The van der Waals surface area contributed by atoms with Crippen LogP contribution in [0.3, 0.4) is 0 Å². The summed E-state index contributed by atoms with van der Waals surface area (Å²) < 4.78 is 0. The molecule has 0 aliphatic heterocycles. The van der Waals surface area contributed by atoms with E-state index in [9.17, 15) is 9.59 Å². The highest BCUT2D eigenvalue weighted by molar-refractivity contribution is 5.72. The van der Waals surface area contributed by atoms with Gasteiger partial charge in [-0.25, -0.2) is 9.59 Å². The Labute approximate surface area is 214 Å². The number of hydrogen-bond donors (Lipinski definition) is 0. The third-order valence-electron chi connectivity index (χ3n) is 6.11. The highest BCUT2D eigenvalue weighted by Gasteiger charge is 2.34. The first-order valence-electron chi connectivity index (χ1n) is 13.9. The van der Waals surface area contributed by atoms with Gasteiger partial charge in [-0.2, -0.15) is 9.78 Å². The minimum absolute atomic E-state index is 0.129. The molecule has 1 aliphatic rings. The quantitative estimate of drug-likeness (QED) is 0.0931. The third-order valence-corrected chi connectivity index (χ3v) is 6.11. The largest absolute Gasteiger partial charge is 0.346 e. The first-order chi connectivity index (χ1) is 16.4. The molecule has 1 aliphatic carbocycles. The van der Waals surface area contributed by atoms with Crippen molar-refractivity contribution < 1.29 is 29.1 Å². The van der Waals surface area contributed by atoms with E-state index in [1.54, 1.807) is 0 Å². The molecule has 0 radical (unpaired) electrons. The summed E-state index contributed by atoms with van der Waals surface area (Å²) in [6.07, 6.45) is 17.9. The van der Waals surface area contributed by atoms with Gasteiger partial charge in [0.05, 0.1) is 5.92 Å². The van der Waals surface area contributed by atoms with Gasteiger partial charge in [0, 0.05) is 6.42 Å². The fraction of sp³-hybridized carbons (Fsp3) is 0.862. The van der Waals surface area contributed by atoms with Crippen molar-refractivity contribution in [1.82, 2.24) is 0 Å². The van der Waals surface area contributed by atoms with E-state index in [0.717, 1.165) is 57.8 Å². The average Bonchev–Trinajstić information content (AvgIpc) is 2.77. The maximum absolute atomic E-state index is 12.9. The van der Waals surface area contributed by atoms with Crippen LogP contribution in [-0.4, -0.2) is 23.1 Å². The van der Waals surface area contributed by atoms with E-state index in [1.165, 1.54) is 19.3 Å². The molecule has 0 fully saturated rings. The number of unbranched alkanes of at least 4 members (excludes halogenated alkanes) is 7. The zero-order valence-electron chi connectivity index (χ0n) is 23.5. The smallest absolute Gasteiger partial charge is 0.298 e. The van der Waals surface area contributed by atoms with Crippen molar-refractivity contribution in [2.45, 2.75) is 143 Å². The molecule has 0 saturated carbocycles. The molecule has 35 heavy (non-hydrogen) atoms. The van der Waals surface area contributed by atoms with E-state index >= 15 is 0 Å². The summed E-state index contributed by atoms with van der Waals surface area (Å²) in [5.74, 6) is 0.00864. The van der Waals surface area contributed by atoms with Gasteiger partial charge in [0.1, 0.15) is 11.2 Å². The standard InChI is InChI=1S/C29H52O6/c1-8-9-14-17-23-20-21-24(25(22-23)27(31)33-35-29(5,6)7)18-15-12-10-11-13-16-19-26(30)32-34-28(2,3)4/h20-21,23-25H,8-19,22H2,1-7H3. The van der Waals surface area contributed by atoms with E-state index < -0.39 is 11.2 Å².